The smallest absolute Gasteiger partial charge is 0.366 e. The van der Waals surface area contributed by atoms with E-state index in [-0.39, 0.29) is 0 Å². The summed E-state index contributed by atoms with van der Waals surface area (Å²) >= 11 is 0. The summed E-state index contributed by atoms with van der Waals surface area (Å²) in [4.78, 5) is 2.12. The van der Waals surface area contributed by atoms with Crippen LogP contribution in [0.5, 0.6) is 0 Å². The molecule has 1 aliphatic rings. The molecule has 25 heavy (non-hydrogen) atoms. The number of halogens is 3. The number of alkyl halides is 3. The van der Waals surface area contributed by atoms with Crippen molar-refractivity contribution in [1.29, 1.82) is 5.26 Å². The molecule has 6 heteroatoms. The fourth-order valence-electron chi connectivity index (χ4n) is 2.96. The molecule has 1 aliphatic heterocycles. The molecule has 0 bridgehead atoms. The molecule has 130 valence electrons. The standard InChI is InChI=1S/C19H18F3N3/c20-19(21,22)16-8-6-15(7-9-16)10-11-24-18(12-23)13-25(14-18)17-4-2-1-3-5-17/h1-9,24H,10-11,13-14H2. The normalized spacial score (nSPS) is 16.2. The molecule has 1 heterocycles. The van der Waals surface area contributed by atoms with Crippen molar-refractivity contribution in [3.05, 3.63) is 65.7 Å². The lowest BCUT2D eigenvalue weighted by molar-refractivity contribution is -0.137. The van der Waals surface area contributed by atoms with Crippen molar-refractivity contribution < 1.29 is 13.2 Å². The van der Waals surface area contributed by atoms with Crippen LogP contribution in [-0.4, -0.2) is 25.2 Å². The first-order chi connectivity index (χ1) is 11.9. The van der Waals surface area contributed by atoms with Crippen LogP contribution >= 0.6 is 0 Å². The average molecular weight is 345 g/mol. The fourth-order valence-corrected chi connectivity index (χ4v) is 2.96. The highest BCUT2D eigenvalue weighted by atomic mass is 19.4. The molecular weight excluding hydrogens is 327 g/mol. The van der Waals surface area contributed by atoms with E-state index in [9.17, 15) is 18.4 Å². The third kappa shape index (κ3) is 3.94. The van der Waals surface area contributed by atoms with E-state index in [2.05, 4.69) is 16.3 Å². The maximum Gasteiger partial charge on any atom is 0.416 e. The number of rotatable bonds is 5. The first kappa shape index (κ1) is 17.3. The van der Waals surface area contributed by atoms with Crippen LogP contribution in [0.25, 0.3) is 0 Å². The van der Waals surface area contributed by atoms with Gasteiger partial charge in [0.1, 0.15) is 5.54 Å². The monoisotopic (exact) mass is 345 g/mol. The lowest BCUT2D eigenvalue weighted by Gasteiger charge is -2.47. The summed E-state index contributed by atoms with van der Waals surface area (Å²) in [6, 6.07) is 17.4. The fraction of sp³-hybridized carbons (Fsp3) is 0.316. The highest BCUT2D eigenvalue weighted by molar-refractivity contribution is 5.52. The number of nitriles is 1. The second kappa shape index (κ2) is 6.77. The highest BCUT2D eigenvalue weighted by Crippen LogP contribution is 2.29. The summed E-state index contributed by atoms with van der Waals surface area (Å²) in [7, 11) is 0. The van der Waals surface area contributed by atoms with Crippen molar-refractivity contribution in [3.8, 4) is 6.07 Å². The van der Waals surface area contributed by atoms with E-state index < -0.39 is 17.3 Å². The minimum absolute atomic E-state index is 0.543. The number of anilines is 1. The molecule has 2 aromatic rings. The lowest BCUT2D eigenvalue weighted by atomic mass is 9.90. The van der Waals surface area contributed by atoms with Crippen LogP contribution in [-0.2, 0) is 12.6 Å². The average Bonchev–Trinajstić information content (AvgIpc) is 2.57. The molecule has 0 aliphatic carbocycles. The molecule has 3 nitrogen and oxygen atoms in total. The summed E-state index contributed by atoms with van der Waals surface area (Å²) in [6.07, 6.45) is -3.73. The van der Waals surface area contributed by atoms with Gasteiger partial charge in [0.15, 0.2) is 0 Å². The van der Waals surface area contributed by atoms with Crippen LogP contribution in [0.3, 0.4) is 0 Å². The van der Waals surface area contributed by atoms with E-state index in [1.165, 1.54) is 12.1 Å². The van der Waals surface area contributed by atoms with Crippen molar-refractivity contribution in [3.63, 3.8) is 0 Å². The SMILES string of the molecule is N#CC1(NCCc2ccc(C(F)(F)F)cc2)CN(c2ccccc2)C1. The van der Waals surface area contributed by atoms with Crippen molar-refractivity contribution in [2.45, 2.75) is 18.1 Å². The zero-order chi connectivity index (χ0) is 17.9. The van der Waals surface area contributed by atoms with Gasteiger partial charge in [-0.2, -0.15) is 18.4 Å². The molecule has 0 radical (unpaired) electrons. The largest absolute Gasteiger partial charge is 0.416 e. The van der Waals surface area contributed by atoms with Gasteiger partial charge in [0, 0.05) is 12.2 Å². The van der Waals surface area contributed by atoms with E-state index in [4.69, 9.17) is 0 Å². The minimum Gasteiger partial charge on any atom is -0.366 e. The number of hydrogen-bond acceptors (Lipinski definition) is 3. The van der Waals surface area contributed by atoms with Crippen LogP contribution in [0, 0.1) is 11.3 Å². The van der Waals surface area contributed by atoms with Gasteiger partial charge in [-0.05, 0) is 36.2 Å². The Morgan fingerprint density at radius 2 is 1.68 bits per heavy atom. The molecule has 3 rings (SSSR count). The third-order valence-corrected chi connectivity index (χ3v) is 4.42. The van der Waals surface area contributed by atoms with Gasteiger partial charge in [-0.1, -0.05) is 30.3 Å². The summed E-state index contributed by atoms with van der Waals surface area (Å²) in [5.41, 5.74) is 0.655. The van der Waals surface area contributed by atoms with Gasteiger partial charge in [-0.3, -0.25) is 5.32 Å². The number of benzene rings is 2. The van der Waals surface area contributed by atoms with E-state index >= 15 is 0 Å². The van der Waals surface area contributed by atoms with Gasteiger partial charge in [0.25, 0.3) is 0 Å². The molecule has 0 amide bonds. The Balaban J connectivity index is 1.51. The minimum atomic E-state index is -4.31. The topological polar surface area (TPSA) is 39.1 Å². The van der Waals surface area contributed by atoms with Gasteiger partial charge >= 0.3 is 6.18 Å². The number of nitrogens with zero attached hydrogens (tertiary/aromatic N) is 2. The second-order valence-electron chi connectivity index (χ2n) is 6.26. The first-order valence-electron chi connectivity index (χ1n) is 8.04. The van der Waals surface area contributed by atoms with Crippen LogP contribution in [0.2, 0.25) is 0 Å². The van der Waals surface area contributed by atoms with Gasteiger partial charge in [-0.25, -0.2) is 0 Å². The molecule has 0 unspecified atom stereocenters. The summed E-state index contributed by atoms with van der Waals surface area (Å²) in [6.45, 7) is 1.74. The second-order valence-corrected chi connectivity index (χ2v) is 6.26. The Morgan fingerprint density at radius 1 is 1.04 bits per heavy atom. The highest BCUT2D eigenvalue weighted by Gasteiger charge is 2.43. The van der Waals surface area contributed by atoms with Crippen molar-refractivity contribution in [1.82, 2.24) is 5.32 Å². The van der Waals surface area contributed by atoms with E-state index in [1.54, 1.807) is 0 Å². The maximum atomic E-state index is 12.6. The Hall–Kier alpha value is -2.52. The number of para-hydroxylation sites is 1. The van der Waals surface area contributed by atoms with Crippen LogP contribution in [0.4, 0.5) is 18.9 Å². The zero-order valence-corrected chi connectivity index (χ0v) is 13.6. The molecule has 1 N–H and O–H groups in total. The van der Waals surface area contributed by atoms with Gasteiger partial charge in [0.05, 0.1) is 24.7 Å². The molecular formula is C19H18F3N3. The lowest BCUT2D eigenvalue weighted by Crippen LogP contribution is -2.69. The maximum absolute atomic E-state index is 12.6. The zero-order valence-electron chi connectivity index (χ0n) is 13.6. The molecule has 0 aromatic heterocycles. The van der Waals surface area contributed by atoms with E-state index in [0.717, 1.165) is 23.4 Å². The van der Waals surface area contributed by atoms with Crippen LogP contribution < -0.4 is 10.2 Å². The van der Waals surface area contributed by atoms with E-state index in [1.807, 2.05) is 30.3 Å². The quantitative estimate of drug-likeness (QED) is 0.900. The molecule has 2 aromatic carbocycles. The van der Waals surface area contributed by atoms with Crippen molar-refractivity contribution in [2.75, 3.05) is 24.5 Å². The number of hydrogen-bond donors (Lipinski definition) is 1. The van der Waals surface area contributed by atoms with Gasteiger partial charge in [-0.15, -0.1) is 0 Å². The van der Waals surface area contributed by atoms with Crippen LogP contribution in [0.15, 0.2) is 54.6 Å². The van der Waals surface area contributed by atoms with E-state index in [0.29, 0.717) is 26.1 Å². The molecule has 1 saturated heterocycles. The Bertz CT molecular complexity index is 742. The van der Waals surface area contributed by atoms with Crippen LogP contribution in [0.1, 0.15) is 11.1 Å². The molecule has 0 atom stereocenters. The van der Waals surface area contributed by atoms with Gasteiger partial charge < -0.3 is 4.90 Å². The van der Waals surface area contributed by atoms with Gasteiger partial charge in [0.2, 0.25) is 0 Å². The summed E-state index contributed by atoms with van der Waals surface area (Å²) in [5, 5.41) is 12.7. The Labute approximate surface area is 144 Å². The third-order valence-electron chi connectivity index (χ3n) is 4.42. The summed E-state index contributed by atoms with van der Waals surface area (Å²) < 4.78 is 37.7. The Morgan fingerprint density at radius 3 is 2.24 bits per heavy atom. The molecule has 0 spiro atoms. The Kier molecular flexibility index (Phi) is 4.69. The first-order valence-corrected chi connectivity index (χ1v) is 8.04. The van der Waals surface area contributed by atoms with Crippen molar-refractivity contribution in [2.24, 2.45) is 0 Å². The predicted molar refractivity (Wildman–Crippen MR) is 90.1 cm³/mol. The predicted octanol–water partition coefficient (Wildman–Crippen LogP) is 3.62. The number of nitrogens with one attached hydrogen (secondary N) is 1. The molecule has 0 saturated carbocycles. The summed E-state index contributed by atoms with van der Waals surface area (Å²) in [5.74, 6) is 0. The molecule has 1 fully saturated rings. The van der Waals surface area contributed by atoms with Crippen molar-refractivity contribution >= 4 is 5.69 Å².